The summed E-state index contributed by atoms with van der Waals surface area (Å²) in [6, 6.07) is 0.799. The van der Waals surface area contributed by atoms with Gasteiger partial charge in [0, 0.05) is 53.7 Å². The summed E-state index contributed by atoms with van der Waals surface area (Å²) in [6.45, 7) is 2.69. The Morgan fingerprint density at radius 1 is 1.18 bits per heavy atom. The van der Waals surface area contributed by atoms with Gasteiger partial charge in [-0.25, -0.2) is 0 Å². The number of aryl methyl sites for hydroxylation is 2. The Balaban J connectivity index is 1.29. The number of halogens is 3. The highest BCUT2D eigenvalue weighted by Crippen LogP contribution is 2.47. The van der Waals surface area contributed by atoms with Crippen molar-refractivity contribution in [2.45, 2.75) is 70.0 Å². The maximum absolute atomic E-state index is 13.5. The number of nitrogens with zero attached hydrogens (tertiary/aromatic N) is 5. The van der Waals surface area contributed by atoms with Gasteiger partial charge in [-0.2, -0.15) is 18.3 Å². The Labute approximate surface area is 227 Å². The van der Waals surface area contributed by atoms with E-state index in [-0.39, 0.29) is 41.8 Å². The molecule has 3 aliphatic carbocycles. The minimum absolute atomic E-state index is 0.106. The van der Waals surface area contributed by atoms with Crippen LogP contribution in [0.1, 0.15) is 82.4 Å². The fraction of sp³-hybridized carbons (Fsp3) is 0.577. The second-order valence-corrected chi connectivity index (χ2v) is 12.1. The number of carbonyl (C=O) groups excluding carboxylic acids is 2. The number of anilines is 2. The van der Waals surface area contributed by atoms with Crippen LogP contribution in [0.5, 0.6) is 0 Å². The third-order valence-electron chi connectivity index (χ3n) is 7.98. The number of Topliss-reactive ketones (excluding diaryl/α,β-unsaturated/α-hetero) is 1. The molecule has 0 radical (unpaired) electrons. The minimum Gasteiger partial charge on any atom is -0.352 e. The van der Waals surface area contributed by atoms with Crippen molar-refractivity contribution in [3.8, 4) is 0 Å². The zero-order chi connectivity index (χ0) is 27.5. The number of thiophene rings is 1. The first-order chi connectivity index (χ1) is 18.6. The van der Waals surface area contributed by atoms with Gasteiger partial charge in [0.15, 0.2) is 5.69 Å². The average Bonchev–Trinajstić information content (AvgIpc) is 3.79. The number of fused-ring (bicyclic) bond motifs is 1. The van der Waals surface area contributed by atoms with E-state index < -0.39 is 11.9 Å². The summed E-state index contributed by atoms with van der Waals surface area (Å²) >= 11 is 1.57. The molecule has 0 aliphatic heterocycles. The van der Waals surface area contributed by atoms with Crippen molar-refractivity contribution < 1.29 is 22.8 Å². The molecule has 6 rings (SSSR count). The second-order valence-electron chi connectivity index (χ2n) is 10.9. The van der Waals surface area contributed by atoms with Crippen molar-refractivity contribution in [1.29, 1.82) is 0 Å². The Morgan fingerprint density at radius 3 is 2.62 bits per heavy atom. The third kappa shape index (κ3) is 5.20. The molecular weight excluding hydrogens is 531 g/mol. The molecule has 0 spiro atoms. The lowest BCUT2D eigenvalue weighted by Gasteiger charge is -2.31. The topological polar surface area (TPSA) is 107 Å². The molecule has 2 fully saturated rings. The molecule has 1 amide bonds. The highest BCUT2D eigenvalue weighted by molar-refractivity contribution is 7.12. The molecule has 2 N–H and O–H groups in total. The number of hydrogen-bond acceptors (Lipinski definition) is 7. The van der Waals surface area contributed by atoms with Gasteiger partial charge in [0.2, 0.25) is 5.95 Å². The number of alkyl halides is 3. The first kappa shape index (κ1) is 26.0. The van der Waals surface area contributed by atoms with Crippen molar-refractivity contribution in [2.24, 2.45) is 18.9 Å². The molecule has 39 heavy (non-hydrogen) atoms. The second kappa shape index (κ2) is 9.76. The fourth-order valence-electron chi connectivity index (χ4n) is 5.45. The van der Waals surface area contributed by atoms with Crippen LogP contribution in [0.4, 0.5) is 24.9 Å². The molecule has 3 heterocycles. The Kier molecular flexibility index (Phi) is 6.51. The quantitative estimate of drug-likeness (QED) is 0.389. The van der Waals surface area contributed by atoms with Crippen LogP contribution >= 0.6 is 11.3 Å². The number of ketones is 1. The first-order valence-electron chi connectivity index (χ1n) is 13.3. The van der Waals surface area contributed by atoms with E-state index in [1.54, 1.807) is 17.7 Å². The van der Waals surface area contributed by atoms with Gasteiger partial charge in [0.25, 0.3) is 5.91 Å². The molecule has 2 saturated carbocycles. The van der Waals surface area contributed by atoms with E-state index in [2.05, 4.69) is 32.9 Å². The van der Waals surface area contributed by atoms with Gasteiger partial charge in [-0.05, 0) is 50.0 Å². The van der Waals surface area contributed by atoms with Crippen LogP contribution in [0.15, 0.2) is 12.4 Å². The molecule has 3 aromatic rings. The predicted octanol–water partition coefficient (Wildman–Crippen LogP) is 4.79. The van der Waals surface area contributed by atoms with Gasteiger partial charge < -0.3 is 10.6 Å². The molecule has 3 aliphatic rings. The zero-order valence-electron chi connectivity index (χ0n) is 21.7. The molecule has 9 nitrogen and oxygen atoms in total. The smallest absolute Gasteiger partial charge is 0.352 e. The molecular formula is C26H30F3N7O2S. The minimum atomic E-state index is -4.56. The Hall–Kier alpha value is -3.22. The molecule has 0 bridgehead atoms. The maximum Gasteiger partial charge on any atom is 0.435 e. The summed E-state index contributed by atoms with van der Waals surface area (Å²) in [7, 11) is 1.43. The van der Waals surface area contributed by atoms with Crippen molar-refractivity contribution in [2.75, 3.05) is 11.9 Å². The molecule has 3 aromatic heterocycles. The van der Waals surface area contributed by atoms with E-state index in [9.17, 15) is 22.8 Å². The molecule has 208 valence electrons. The van der Waals surface area contributed by atoms with Crippen molar-refractivity contribution in [3.63, 3.8) is 0 Å². The molecule has 0 unspecified atom stereocenters. The number of aromatic nitrogens is 5. The van der Waals surface area contributed by atoms with Crippen LogP contribution in [0.3, 0.4) is 0 Å². The van der Waals surface area contributed by atoms with E-state index in [0.29, 0.717) is 24.0 Å². The highest BCUT2D eigenvalue weighted by Gasteiger charge is 2.39. The lowest BCUT2D eigenvalue weighted by Crippen LogP contribution is -2.29. The maximum atomic E-state index is 13.5. The Morgan fingerprint density at radius 2 is 1.95 bits per heavy atom. The average molecular weight is 562 g/mol. The zero-order valence-corrected chi connectivity index (χ0v) is 22.5. The van der Waals surface area contributed by atoms with Crippen molar-refractivity contribution in [1.82, 2.24) is 29.9 Å². The van der Waals surface area contributed by atoms with Crippen LogP contribution in [-0.2, 0) is 30.9 Å². The van der Waals surface area contributed by atoms with Gasteiger partial charge in [-0.3, -0.25) is 18.8 Å². The van der Waals surface area contributed by atoms with Crippen LogP contribution in [0.2, 0.25) is 0 Å². The predicted molar refractivity (Wildman–Crippen MR) is 138 cm³/mol. The van der Waals surface area contributed by atoms with Crippen LogP contribution in [0, 0.1) is 11.8 Å². The standard InChI is InChI=1S/C26H30F3N7O2S/c1-13-16(36-12-31-33-25(36)32-21-10-20(26(27,28)29)34-35(21)2)7-8-18-22(13)23(24(38)30-11-14-3-4-14)19(39-18)9-17(37)15-5-6-15/h10,12-16H,3-9,11H2,1-2H3,(H,30,38)(H,32,33)/t13-,16+/m1/s1. The van der Waals surface area contributed by atoms with Crippen molar-refractivity contribution >= 4 is 34.8 Å². The molecule has 2 atom stereocenters. The number of hydrogen-bond donors (Lipinski definition) is 2. The largest absolute Gasteiger partial charge is 0.435 e. The van der Waals surface area contributed by atoms with Gasteiger partial charge >= 0.3 is 6.18 Å². The lowest BCUT2D eigenvalue weighted by molar-refractivity contribution is -0.141. The van der Waals surface area contributed by atoms with Crippen LogP contribution < -0.4 is 10.6 Å². The van der Waals surface area contributed by atoms with Gasteiger partial charge in [-0.1, -0.05) is 6.92 Å². The first-order valence-corrected chi connectivity index (χ1v) is 14.1. The highest BCUT2D eigenvalue weighted by atomic mass is 32.1. The van der Waals surface area contributed by atoms with Crippen LogP contribution in [-0.4, -0.2) is 42.8 Å². The normalized spacial score (nSPS) is 21.1. The lowest BCUT2D eigenvalue weighted by atomic mass is 9.81. The summed E-state index contributed by atoms with van der Waals surface area (Å²) in [6.07, 6.45) is 2.84. The Bertz CT molecular complexity index is 1420. The number of rotatable bonds is 9. The van der Waals surface area contributed by atoms with E-state index in [4.69, 9.17) is 0 Å². The summed E-state index contributed by atoms with van der Waals surface area (Å²) < 4.78 is 42.4. The van der Waals surface area contributed by atoms with Crippen LogP contribution in [0.25, 0.3) is 0 Å². The number of nitrogens with one attached hydrogen (secondary N) is 2. The van der Waals surface area contributed by atoms with Gasteiger partial charge in [0.1, 0.15) is 17.9 Å². The van der Waals surface area contributed by atoms with Gasteiger partial charge in [0.05, 0.1) is 5.56 Å². The third-order valence-corrected chi connectivity index (χ3v) is 9.24. The number of carbonyl (C=O) groups is 2. The number of amides is 1. The summed E-state index contributed by atoms with van der Waals surface area (Å²) in [5, 5.41) is 17.8. The van der Waals surface area contributed by atoms with E-state index in [0.717, 1.165) is 64.6 Å². The molecule has 0 aromatic carbocycles. The summed E-state index contributed by atoms with van der Waals surface area (Å²) in [5.74, 6) is 1.05. The summed E-state index contributed by atoms with van der Waals surface area (Å²) in [4.78, 5) is 28.2. The monoisotopic (exact) mass is 561 g/mol. The van der Waals surface area contributed by atoms with Crippen molar-refractivity contribution in [3.05, 3.63) is 39.0 Å². The molecule has 13 heteroatoms. The van der Waals surface area contributed by atoms with E-state index in [1.807, 2.05) is 4.57 Å². The molecule has 0 saturated heterocycles. The SMILES string of the molecule is C[C@H]1c2c(sc(CC(=O)C3CC3)c2C(=O)NCC2CC2)CC[C@@H]1n1cnnc1Nc1cc(C(F)(F)F)nn1C. The van der Waals surface area contributed by atoms with E-state index >= 15 is 0 Å². The fourth-order valence-corrected chi connectivity index (χ4v) is 6.89. The van der Waals surface area contributed by atoms with E-state index in [1.165, 1.54) is 7.05 Å². The summed E-state index contributed by atoms with van der Waals surface area (Å²) in [5.41, 5.74) is 0.594. The van der Waals surface area contributed by atoms with Gasteiger partial charge in [-0.15, -0.1) is 21.5 Å².